The van der Waals surface area contributed by atoms with Gasteiger partial charge in [0.2, 0.25) is 12.2 Å². The van der Waals surface area contributed by atoms with Crippen molar-refractivity contribution in [1.82, 2.24) is 4.98 Å². The number of aromatic nitrogens is 1. The van der Waals surface area contributed by atoms with Crippen molar-refractivity contribution in [2.24, 2.45) is 0 Å². The molecule has 8 nitrogen and oxygen atoms in total. The summed E-state index contributed by atoms with van der Waals surface area (Å²) in [5, 5.41) is 48.7. The van der Waals surface area contributed by atoms with Gasteiger partial charge < -0.3 is 35.0 Å². The number of rotatable bonds is 7. The molecule has 3 rings (SSSR count). The molecule has 0 amide bonds. The predicted octanol–water partition coefficient (Wildman–Crippen LogP) is 0.00274. The highest BCUT2D eigenvalue weighted by molar-refractivity contribution is 5.40. The van der Waals surface area contributed by atoms with E-state index >= 15 is 0 Å². The maximum absolute atomic E-state index is 10.3. The van der Waals surface area contributed by atoms with Crippen molar-refractivity contribution in [2.75, 3.05) is 13.2 Å². The molecule has 0 bridgehead atoms. The van der Waals surface area contributed by atoms with Crippen molar-refractivity contribution in [3.8, 4) is 5.88 Å². The number of benzene rings is 1. The molecule has 1 aromatic carbocycles. The minimum Gasteiger partial charge on any atom is -0.445 e. The zero-order valence-electron chi connectivity index (χ0n) is 17.1. The largest absolute Gasteiger partial charge is 0.445 e. The molecule has 0 aliphatic carbocycles. The van der Waals surface area contributed by atoms with Crippen LogP contribution in [0.25, 0.3) is 0 Å². The van der Waals surface area contributed by atoms with Gasteiger partial charge in [0.1, 0.15) is 24.4 Å². The van der Waals surface area contributed by atoms with Gasteiger partial charge in [-0.2, -0.15) is 0 Å². The lowest BCUT2D eigenvalue weighted by molar-refractivity contribution is -0.278. The van der Waals surface area contributed by atoms with Crippen molar-refractivity contribution in [2.45, 2.75) is 57.4 Å². The summed E-state index contributed by atoms with van der Waals surface area (Å²) in [7, 11) is 0. The number of ether oxygens (including phenoxy) is 2. The van der Waals surface area contributed by atoms with E-state index in [4.69, 9.17) is 14.6 Å². The fourth-order valence-electron chi connectivity index (χ4n) is 3.57. The molecule has 0 saturated carbocycles. The molecule has 30 heavy (non-hydrogen) atoms. The van der Waals surface area contributed by atoms with Gasteiger partial charge in [-0.05, 0) is 43.0 Å². The third-order valence-electron chi connectivity index (χ3n) is 5.32. The lowest BCUT2D eigenvalue weighted by Gasteiger charge is -2.39. The molecular weight excluding hydrogens is 390 g/mol. The van der Waals surface area contributed by atoms with Gasteiger partial charge in [0.15, 0.2) is 0 Å². The first-order chi connectivity index (χ1) is 14.3. The molecule has 0 radical (unpaired) electrons. The van der Waals surface area contributed by atoms with Gasteiger partial charge >= 0.3 is 0 Å². The van der Waals surface area contributed by atoms with Crippen molar-refractivity contribution in [3.05, 3.63) is 58.3 Å². The van der Waals surface area contributed by atoms with Crippen molar-refractivity contribution >= 4 is 0 Å². The second-order valence-electron chi connectivity index (χ2n) is 7.65. The summed E-state index contributed by atoms with van der Waals surface area (Å²) in [6, 6.07) is 9.79. The summed E-state index contributed by atoms with van der Waals surface area (Å²) >= 11 is 0. The fourth-order valence-corrected chi connectivity index (χ4v) is 3.57. The van der Waals surface area contributed by atoms with E-state index < -0.39 is 37.3 Å². The van der Waals surface area contributed by atoms with Crippen LogP contribution in [0.1, 0.15) is 27.9 Å². The number of aliphatic hydroxyl groups excluding tert-OH is 5. The van der Waals surface area contributed by atoms with Crippen molar-refractivity contribution < 1.29 is 35.0 Å². The zero-order valence-corrected chi connectivity index (χ0v) is 17.1. The lowest BCUT2D eigenvalue weighted by atomic mass is 9.98. The van der Waals surface area contributed by atoms with Gasteiger partial charge in [0.25, 0.3) is 0 Å². The Balaban J connectivity index is 1.86. The standard InChI is InChI=1S/C22H29NO7/c1-12-9-13(2)23-21(16(12)10-15-5-3-14(4-6-15)7-8-24)30-22-20(28)19(27)18(26)17(11-25)29-22/h3-6,9,17-20,22,24-28H,7-8,10-11H2,1-2H3/t17-,18-,19+,20-,22+/m1/s1. The predicted molar refractivity (Wildman–Crippen MR) is 108 cm³/mol. The van der Waals surface area contributed by atoms with E-state index in [0.29, 0.717) is 18.5 Å². The molecule has 1 aromatic heterocycles. The smallest absolute Gasteiger partial charge is 0.231 e. The second kappa shape index (κ2) is 9.82. The Morgan fingerprint density at radius 3 is 2.27 bits per heavy atom. The van der Waals surface area contributed by atoms with Crippen LogP contribution in [0.3, 0.4) is 0 Å². The van der Waals surface area contributed by atoms with E-state index in [1.54, 1.807) is 0 Å². The number of aryl methyl sites for hydroxylation is 2. The molecule has 5 N–H and O–H groups in total. The first kappa shape index (κ1) is 22.6. The fraction of sp³-hybridized carbons (Fsp3) is 0.500. The van der Waals surface area contributed by atoms with E-state index in [1.165, 1.54) is 0 Å². The topological polar surface area (TPSA) is 132 Å². The number of pyridine rings is 1. The van der Waals surface area contributed by atoms with Gasteiger partial charge in [-0.3, -0.25) is 0 Å². The monoisotopic (exact) mass is 419 g/mol. The van der Waals surface area contributed by atoms with E-state index in [-0.39, 0.29) is 12.5 Å². The van der Waals surface area contributed by atoms with Gasteiger partial charge in [-0.1, -0.05) is 24.3 Å². The normalized spacial score (nSPS) is 26.6. The summed E-state index contributed by atoms with van der Waals surface area (Å²) < 4.78 is 11.3. The Morgan fingerprint density at radius 2 is 1.63 bits per heavy atom. The van der Waals surface area contributed by atoms with Gasteiger partial charge in [-0.25, -0.2) is 4.98 Å². The first-order valence-corrected chi connectivity index (χ1v) is 9.97. The molecular formula is C22H29NO7. The van der Waals surface area contributed by atoms with Gasteiger partial charge in [-0.15, -0.1) is 0 Å². The molecule has 5 atom stereocenters. The molecule has 1 aliphatic heterocycles. The molecule has 1 saturated heterocycles. The quantitative estimate of drug-likeness (QED) is 0.424. The molecule has 8 heteroatoms. The van der Waals surface area contributed by atoms with Gasteiger partial charge in [0, 0.05) is 24.3 Å². The van der Waals surface area contributed by atoms with E-state index in [0.717, 1.165) is 22.3 Å². The molecule has 2 aromatic rings. The maximum atomic E-state index is 10.3. The Kier molecular flexibility index (Phi) is 7.41. The van der Waals surface area contributed by atoms with Crippen LogP contribution in [0.4, 0.5) is 0 Å². The third kappa shape index (κ3) is 4.97. The molecule has 1 fully saturated rings. The average molecular weight is 419 g/mol. The second-order valence-corrected chi connectivity index (χ2v) is 7.65. The van der Waals surface area contributed by atoms with Crippen molar-refractivity contribution in [3.63, 3.8) is 0 Å². The molecule has 0 unspecified atom stereocenters. The number of nitrogens with zero attached hydrogens (tertiary/aromatic N) is 1. The van der Waals surface area contributed by atoms with Crippen LogP contribution in [0.2, 0.25) is 0 Å². The number of aliphatic hydroxyl groups is 5. The first-order valence-electron chi connectivity index (χ1n) is 9.97. The zero-order chi connectivity index (χ0) is 21.8. The molecule has 1 aliphatic rings. The number of hydrogen-bond acceptors (Lipinski definition) is 8. The Hall–Kier alpha value is -2.07. The van der Waals surface area contributed by atoms with Crippen LogP contribution in [0.5, 0.6) is 5.88 Å². The molecule has 2 heterocycles. The maximum Gasteiger partial charge on any atom is 0.231 e. The highest BCUT2D eigenvalue weighted by atomic mass is 16.7. The van der Waals surface area contributed by atoms with Crippen LogP contribution in [-0.4, -0.2) is 74.4 Å². The summed E-state index contributed by atoms with van der Waals surface area (Å²) in [6.45, 7) is 3.32. The molecule has 164 valence electrons. The van der Waals surface area contributed by atoms with Crippen LogP contribution in [-0.2, 0) is 17.6 Å². The highest BCUT2D eigenvalue weighted by Crippen LogP contribution is 2.29. The Morgan fingerprint density at radius 1 is 0.967 bits per heavy atom. The minimum absolute atomic E-state index is 0.0947. The Bertz CT molecular complexity index is 840. The van der Waals surface area contributed by atoms with E-state index in [1.807, 2.05) is 44.2 Å². The van der Waals surface area contributed by atoms with Crippen LogP contribution < -0.4 is 4.74 Å². The summed E-state index contributed by atoms with van der Waals surface area (Å²) in [5.41, 5.74) is 4.52. The lowest BCUT2D eigenvalue weighted by Crippen LogP contribution is -2.60. The third-order valence-corrected chi connectivity index (χ3v) is 5.32. The van der Waals surface area contributed by atoms with E-state index in [9.17, 15) is 20.4 Å². The van der Waals surface area contributed by atoms with Crippen LogP contribution in [0.15, 0.2) is 30.3 Å². The van der Waals surface area contributed by atoms with Crippen LogP contribution >= 0.6 is 0 Å². The van der Waals surface area contributed by atoms with Crippen LogP contribution in [0, 0.1) is 13.8 Å². The van der Waals surface area contributed by atoms with Gasteiger partial charge in [0.05, 0.1) is 6.61 Å². The minimum atomic E-state index is -1.52. The highest BCUT2D eigenvalue weighted by Gasteiger charge is 2.45. The summed E-state index contributed by atoms with van der Waals surface area (Å²) in [4.78, 5) is 4.45. The molecule has 0 spiro atoms. The SMILES string of the molecule is Cc1cc(C)c(Cc2ccc(CCO)cc2)c(O[C@@H]2O[C@H](CO)[C@@H](O)[C@H](O)[C@H]2O)n1. The summed E-state index contributed by atoms with van der Waals surface area (Å²) in [5.74, 6) is 0.260. The Labute approximate surface area is 175 Å². The average Bonchev–Trinajstić information content (AvgIpc) is 2.72. The summed E-state index contributed by atoms with van der Waals surface area (Å²) in [6.07, 6.45) is -5.71. The number of hydrogen-bond donors (Lipinski definition) is 5. The van der Waals surface area contributed by atoms with Crippen molar-refractivity contribution in [1.29, 1.82) is 0 Å². The van der Waals surface area contributed by atoms with E-state index in [2.05, 4.69) is 4.98 Å².